The molecule has 1 spiro atoms. The minimum atomic E-state index is 0.529. The van der Waals surface area contributed by atoms with E-state index < -0.39 is 0 Å². The number of nitrogens with one attached hydrogen (secondary N) is 1. The standard InChI is InChI=1S/C18H32N2O/c1-2-21-17-12-16(18(17)8-3-9-18)19-15-6-10-20(11-7-15)13-14-4-5-14/h14-17,19H,2-13H2,1H3/t16-,17+/m1/s1. The van der Waals surface area contributed by atoms with Crippen molar-refractivity contribution in [2.24, 2.45) is 11.3 Å². The number of piperidine rings is 1. The maximum absolute atomic E-state index is 5.97. The average Bonchev–Trinajstić information content (AvgIpc) is 3.21. The Hall–Kier alpha value is -0.120. The first kappa shape index (κ1) is 14.5. The molecule has 4 aliphatic rings. The Balaban J connectivity index is 1.24. The Labute approximate surface area is 129 Å². The van der Waals surface area contributed by atoms with Crippen molar-refractivity contribution in [2.45, 2.75) is 76.5 Å². The third-order valence-electron chi connectivity index (χ3n) is 6.68. The van der Waals surface area contributed by atoms with E-state index in [1.807, 2.05) is 0 Å². The SMILES string of the molecule is CCO[C@H]1C[C@@H](NC2CCN(CC3CC3)CC2)C12CCC2. The minimum Gasteiger partial charge on any atom is -0.378 e. The molecule has 1 heterocycles. The topological polar surface area (TPSA) is 24.5 Å². The van der Waals surface area contributed by atoms with Crippen molar-refractivity contribution in [3.8, 4) is 0 Å². The van der Waals surface area contributed by atoms with Gasteiger partial charge in [0.1, 0.15) is 0 Å². The molecule has 0 amide bonds. The summed E-state index contributed by atoms with van der Waals surface area (Å²) in [6, 6.07) is 1.52. The fraction of sp³-hybridized carbons (Fsp3) is 1.00. The molecule has 1 N–H and O–H groups in total. The first-order valence-corrected chi connectivity index (χ1v) is 9.40. The molecule has 0 aromatic rings. The van der Waals surface area contributed by atoms with E-state index in [1.165, 1.54) is 71.0 Å². The largest absolute Gasteiger partial charge is 0.378 e. The Kier molecular flexibility index (Phi) is 4.01. The van der Waals surface area contributed by atoms with Gasteiger partial charge in [-0.2, -0.15) is 0 Å². The van der Waals surface area contributed by atoms with Crippen LogP contribution in [0.4, 0.5) is 0 Å². The average molecular weight is 292 g/mol. The van der Waals surface area contributed by atoms with Crippen LogP contribution in [0.25, 0.3) is 0 Å². The van der Waals surface area contributed by atoms with Crippen LogP contribution in [0.15, 0.2) is 0 Å². The molecule has 3 nitrogen and oxygen atoms in total. The van der Waals surface area contributed by atoms with E-state index in [9.17, 15) is 0 Å². The molecule has 4 fully saturated rings. The van der Waals surface area contributed by atoms with Crippen molar-refractivity contribution >= 4 is 0 Å². The second-order valence-corrected chi connectivity index (χ2v) is 8.00. The van der Waals surface area contributed by atoms with Gasteiger partial charge in [0, 0.05) is 30.7 Å². The Morgan fingerprint density at radius 1 is 1.14 bits per heavy atom. The van der Waals surface area contributed by atoms with Crippen molar-refractivity contribution in [3.63, 3.8) is 0 Å². The zero-order chi connectivity index (χ0) is 14.3. The summed E-state index contributed by atoms with van der Waals surface area (Å²) in [5.74, 6) is 1.05. The van der Waals surface area contributed by atoms with E-state index in [0.717, 1.165) is 24.6 Å². The van der Waals surface area contributed by atoms with Crippen LogP contribution in [0.2, 0.25) is 0 Å². The molecule has 3 saturated carbocycles. The summed E-state index contributed by atoms with van der Waals surface area (Å²) in [7, 11) is 0. The molecule has 0 unspecified atom stereocenters. The maximum atomic E-state index is 5.97. The van der Waals surface area contributed by atoms with Gasteiger partial charge in [-0.3, -0.25) is 0 Å². The molecule has 1 aliphatic heterocycles. The normalized spacial score (nSPS) is 36.4. The Morgan fingerprint density at radius 3 is 2.48 bits per heavy atom. The highest BCUT2D eigenvalue weighted by molar-refractivity contribution is 5.12. The van der Waals surface area contributed by atoms with Crippen LogP contribution >= 0.6 is 0 Å². The molecule has 0 aromatic carbocycles. The van der Waals surface area contributed by atoms with Crippen molar-refractivity contribution in [2.75, 3.05) is 26.2 Å². The van der Waals surface area contributed by atoms with Gasteiger partial charge in [0.2, 0.25) is 0 Å². The van der Waals surface area contributed by atoms with E-state index in [0.29, 0.717) is 11.5 Å². The van der Waals surface area contributed by atoms with Crippen molar-refractivity contribution in [1.29, 1.82) is 0 Å². The lowest BCUT2D eigenvalue weighted by Gasteiger charge is -2.62. The van der Waals surface area contributed by atoms with Gasteiger partial charge in [0.15, 0.2) is 0 Å². The van der Waals surface area contributed by atoms with Crippen molar-refractivity contribution < 1.29 is 4.74 Å². The van der Waals surface area contributed by atoms with Gasteiger partial charge >= 0.3 is 0 Å². The monoisotopic (exact) mass is 292 g/mol. The fourth-order valence-electron chi connectivity index (χ4n) is 4.90. The van der Waals surface area contributed by atoms with E-state index in [2.05, 4.69) is 17.1 Å². The molecule has 4 rings (SSSR count). The van der Waals surface area contributed by atoms with Crippen LogP contribution in [0.5, 0.6) is 0 Å². The third kappa shape index (κ3) is 2.77. The van der Waals surface area contributed by atoms with Crippen LogP contribution in [0, 0.1) is 11.3 Å². The zero-order valence-electron chi connectivity index (χ0n) is 13.7. The quantitative estimate of drug-likeness (QED) is 0.815. The minimum absolute atomic E-state index is 0.529. The highest BCUT2D eigenvalue weighted by atomic mass is 16.5. The highest BCUT2D eigenvalue weighted by Gasteiger charge is 2.59. The lowest BCUT2D eigenvalue weighted by Crippen LogP contribution is -2.68. The lowest BCUT2D eigenvalue weighted by molar-refractivity contribution is -0.175. The molecular formula is C18H32N2O. The van der Waals surface area contributed by atoms with E-state index in [4.69, 9.17) is 4.74 Å². The van der Waals surface area contributed by atoms with Gasteiger partial charge in [-0.1, -0.05) is 6.42 Å². The number of rotatable bonds is 6. The molecule has 3 heteroatoms. The molecule has 120 valence electrons. The Bertz CT molecular complexity index is 356. The summed E-state index contributed by atoms with van der Waals surface area (Å²) < 4.78 is 5.97. The summed E-state index contributed by atoms with van der Waals surface area (Å²) in [4.78, 5) is 2.71. The Morgan fingerprint density at radius 2 is 1.90 bits per heavy atom. The first-order chi connectivity index (χ1) is 10.3. The molecule has 0 radical (unpaired) electrons. The number of nitrogens with zero attached hydrogens (tertiary/aromatic N) is 1. The van der Waals surface area contributed by atoms with Gasteiger partial charge in [-0.25, -0.2) is 0 Å². The van der Waals surface area contributed by atoms with E-state index in [1.54, 1.807) is 0 Å². The number of hydrogen-bond acceptors (Lipinski definition) is 3. The van der Waals surface area contributed by atoms with Gasteiger partial charge in [-0.05, 0) is 70.9 Å². The molecule has 0 bridgehead atoms. The van der Waals surface area contributed by atoms with Crippen molar-refractivity contribution in [1.82, 2.24) is 10.2 Å². The second kappa shape index (κ2) is 5.82. The summed E-state index contributed by atoms with van der Waals surface area (Å²) >= 11 is 0. The third-order valence-corrected chi connectivity index (χ3v) is 6.68. The van der Waals surface area contributed by atoms with Gasteiger partial charge in [0.05, 0.1) is 6.10 Å². The zero-order valence-corrected chi connectivity index (χ0v) is 13.7. The number of likely N-dealkylation sites (tertiary alicyclic amines) is 1. The number of ether oxygens (including phenoxy) is 1. The summed E-state index contributed by atoms with van der Waals surface area (Å²) in [5, 5.41) is 4.02. The lowest BCUT2D eigenvalue weighted by atomic mass is 9.51. The van der Waals surface area contributed by atoms with Crippen LogP contribution in [-0.4, -0.2) is 49.3 Å². The number of hydrogen-bond donors (Lipinski definition) is 1. The maximum Gasteiger partial charge on any atom is 0.0661 e. The smallest absolute Gasteiger partial charge is 0.0661 e. The molecule has 0 aromatic heterocycles. The summed E-state index contributed by atoms with van der Waals surface area (Å²) in [6.07, 6.45) is 11.7. The van der Waals surface area contributed by atoms with E-state index in [-0.39, 0.29) is 0 Å². The van der Waals surface area contributed by atoms with Crippen LogP contribution < -0.4 is 5.32 Å². The summed E-state index contributed by atoms with van der Waals surface area (Å²) in [6.45, 7) is 7.06. The van der Waals surface area contributed by atoms with Gasteiger partial charge in [0.25, 0.3) is 0 Å². The van der Waals surface area contributed by atoms with Crippen LogP contribution in [-0.2, 0) is 4.74 Å². The second-order valence-electron chi connectivity index (χ2n) is 8.00. The fourth-order valence-corrected chi connectivity index (χ4v) is 4.90. The summed E-state index contributed by atoms with van der Waals surface area (Å²) in [5.41, 5.74) is 0.529. The van der Waals surface area contributed by atoms with Crippen LogP contribution in [0.1, 0.15) is 58.3 Å². The molecular weight excluding hydrogens is 260 g/mol. The molecule has 2 atom stereocenters. The molecule has 21 heavy (non-hydrogen) atoms. The molecule has 3 aliphatic carbocycles. The van der Waals surface area contributed by atoms with Gasteiger partial charge in [-0.15, -0.1) is 0 Å². The van der Waals surface area contributed by atoms with Crippen LogP contribution in [0.3, 0.4) is 0 Å². The van der Waals surface area contributed by atoms with Gasteiger partial charge < -0.3 is 15.0 Å². The molecule has 1 saturated heterocycles. The highest BCUT2D eigenvalue weighted by Crippen LogP contribution is 2.57. The first-order valence-electron chi connectivity index (χ1n) is 9.40. The predicted molar refractivity (Wildman–Crippen MR) is 85.4 cm³/mol. The van der Waals surface area contributed by atoms with E-state index >= 15 is 0 Å². The van der Waals surface area contributed by atoms with Crippen molar-refractivity contribution in [3.05, 3.63) is 0 Å². The predicted octanol–water partition coefficient (Wildman–Crippen LogP) is 2.80.